The minimum absolute atomic E-state index is 0.0734. The first kappa shape index (κ1) is 24.8. The fourth-order valence-electron chi connectivity index (χ4n) is 3.24. The summed E-state index contributed by atoms with van der Waals surface area (Å²) in [4.78, 5) is 13.3. The van der Waals surface area contributed by atoms with Crippen molar-refractivity contribution in [2.75, 3.05) is 12.3 Å². The molecule has 1 aliphatic rings. The van der Waals surface area contributed by atoms with Crippen LogP contribution < -0.4 is 0 Å². The van der Waals surface area contributed by atoms with Gasteiger partial charge < -0.3 is 10.0 Å². The maximum Gasteiger partial charge on any atom is 0.416 e. The zero-order valence-electron chi connectivity index (χ0n) is 17.1. The van der Waals surface area contributed by atoms with Crippen LogP contribution >= 0.6 is 11.8 Å². The minimum atomic E-state index is -4.74. The van der Waals surface area contributed by atoms with Crippen LogP contribution in [0.4, 0.5) is 26.3 Å². The number of rotatable bonds is 8. The number of carboxylic acids is 1. The molecule has 1 aliphatic heterocycles. The van der Waals surface area contributed by atoms with Gasteiger partial charge in [-0.2, -0.15) is 13.2 Å². The summed E-state index contributed by atoms with van der Waals surface area (Å²) >= 11 is 0.893. The van der Waals surface area contributed by atoms with Gasteiger partial charge in [-0.3, -0.25) is 0 Å². The van der Waals surface area contributed by atoms with Gasteiger partial charge in [0, 0.05) is 30.8 Å². The number of carboxylic acid groups (broad SMARTS) is 1. The van der Waals surface area contributed by atoms with Gasteiger partial charge in [-0.1, -0.05) is 30.3 Å². The molecule has 0 spiro atoms. The third-order valence-corrected chi connectivity index (χ3v) is 6.07. The number of carbonyl (C=O) groups is 1. The van der Waals surface area contributed by atoms with Crippen LogP contribution in [0.3, 0.4) is 0 Å². The standard InChI is InChI=1S/C23H19F6NO2S/c24-18-8-6-15(7-9-18)14-30-11-2-5-19(21(31)32)20(30)33-12-10-22(25,26)16-3-1-4-17(13-16)23(27,28)29/h1-9,13H,10-12,14H2,(H,31,32). The molecule has 176 valence electrons. The number of hydrogen-bond acceptors (Lipinski definition) is 3. The van der Waals surface area contributed by atoms with Gasteiger partial charge in [-0.05, 0) is 35.9 Å². The molecule has 0 saturated carbocycles. The number of thioether (sulfide) groups is 1. The normalized spacial score (nSPS) is 14.7. The van der Waals surface area contributed by atoms with Gasteiger partial charge in [-0.25, -0.2) is 18.0 Å². The molecule has 10 heteroatoms. The third kappa shape index (κ3) is 6.34. The molecular formula is C23H19F6NO2S. The first-order valence-electron chi connectivity index (χ1n) is 9.79. The maximum absolute atomic E-state index is 14.6. The molecular weight excluding hydrogens is 468 g/mol. The van der Waals surface area contributed by atoms with Gasteiger partial charge in [0.25, 0.3) is 5.92 Å². The van der Waals surface area contributed by atoms with Crippen LogP contribution in [0.2, 0.25) is 0 Å². The molecule has 3 rings (SSSR count). The second-order valence-corrected chi connectivity index (χ2v) is 8.40. The van der Waals surface area contributed by atoms with E-state index >= 15 is 0 Å². The summed E-state index contributed by atoms with van der Waals surface area (Å²) in [6.07, 6.45) is -2.52. The fraction of sp³-hybridized carbons (Fsp3) is 0.261. The molecule has 33 heavy (non-hydrogen) atoms. The Morgan fingerprint density at radius 3 is 2.33 bits per heavy atom. The molecule has 0 aromatic heterocycles. The lowest BCUT2D eigenvalue weighted by molar-refractivity contribution is -0.138. The van der Waals surface area contributed by atoms with Crippen molar-refractivity contribution in [3.8, 4) is 0 Å². The van der Waals surface area contributed by atoms with Crippen LogP contribution in [0.25, 0.3) is 0 Å². The Bertz CT molecular complexity index is 1060. The van der Waals surface area contributed by atoms with Gasteiger partial charge in [-0.15, -0.1) is 11.8 Å². The van der Waals surface area contributed by atoms with Crippen molar-refractivity contribution < 1.29 is 36.2 Å². The second kappa shape index (κ2) is 9.94. The van der Waals surface area contributed by atoms with Gasteiger partial charge in [0.15, 0.2) is 0 Å². The predicted molar refractivity (Wildman–Crippen MR) is 113 cm³/mol. The van der Waals surface area contributed by atoms with Crippen LogP contribution in [0.15, 0.2) is 71.3 Å². The van der Waals surface area contributed by atoms with Crippen molar-refractivity contribution in [1.82, 2.24) is 4.90 Å². The Hall–Kier alpha value is -2.88. The molecule has 1 N–H and O–H groups in total. The molecule has 0 saturated heterocycles. The number of aliphatic carboxylic acids is 1. The average molecular weight is 487 g/mol. The zero-order chi connectivity index (χ0) is 24.2. The Balaban J connectivity index is 1.75. The van der Waals surface area contributed by atoms with Crippen LogP contribution in [0.1, 0.15) is 23.1 Å². The topological polar surface area (TPSA) is 40.5 Å². The summed E-state index contributed by atoms with van der Waals surface area (Å²) in [6, 6.07) is 8.62. The van der Waals surface area contributed by atoms with E-state index in [0.29, 0.717) is 18.2 Å². The van der Waals surface area contributed by atoms with Gasteiger partial charge >= 0.3 is 12.1 Å². The lowest BCUT2D eigenvalue weighted by Gasteiger charge is -2.30. The van der Waals surface area contributed by atoms with Crippen molar-refractivity contribution in [3.05, 3.63) is 93.8 Å². The van der Waals surface area contributed by atoms with Gasteiger partial charge in [0.2, 0.25) is 0 Å². The Morgan fingerprint density at radius 1 is 1.03 bits per heavy atom. The highest BCUT2D eigenvalue weighted by molar-refractivity contribution is 8.03. The Labute approximate surface area is 190 Å². The summed E-state index contributed by atoms with van der Waals surface area (Å²) in [5.74, 6) is -5.43. The Kier molecular flexibility index (Phi) is 7.46. The van der Waals surface area contributed by atoms with Crippen molar-refractivity contribution in [3.63, 3.8) is 0 Å². The molecule has 1 heterocycles. The van der Waals surface area contributed by atoms with Crippen LogP contribution in [-0.4, -0.2) is 28.3 Å². The van der Waals surface area contributed by atoms with E-state index in [9.17, 15) is 36.2 Å². The summed E-state index contributed by atoms with van der Waals surface area (Å²) < 4.78 is 81.1. The third-order valence-electron chi connectivity index (χ3n) is 4.91. The molecule has 2 aromatic rings. The highest BCUT2D eigenvalue weighted by Gasteiger charge is 2.36. The molecule has 0 bridgehead atoms. The lowest BCUT2D eigenvalue weighted by atomic mass is 10.0. The first-order chi connectivity index (χ1) is 15.5. The smallest absolute Gasteiger partial charge is 0.416 e. The van der Waals surface area contributed by atoms with Crippen molar-refractivity contribution in [2.24, 2.45) is 0 Å². The summed E-state index contributed by atoms with van der Waals surface area (Å²) in [7, 11) is 0. The summed E-state index contributed by atoms with van der Waals surface area (Å²) in [5.41, 5.74) is -1.29. The van der Waals surface area contributed by atoms with Crippen LogP contribution in [0.5, 0.6) is 0 Å². The number of alkyl halides is 5. The summed E-state index contributed by atoms with van der Waals surface area (Å²) in [5, 5.41) is 9.78. The molecule has 0 unspecified atom stereocenters. The monoisotopic (exact) mass is 487 g/mol. The van der Waals surface area contributed by atoms with E-state index in [1.807, 2.05) is 0 Å². The number of hydrogen-bond donors (Lipinski definition) is 1. The lowest BCUT2D eigenvalue weighted by Crippen LogP contribution is -2.27. The average Bonchev–Trinajstić information content (AvgIpc) is 2.75. The number of benzene rings is 2. The predicted octanol–water partition coefficient (Wildman–Crippen LogP) is 6.43. The molecule has 0 atom stereocenters. The van der Waals surface area contributed by atoms with E-state index in [1.165, 1.54) is 30.3 Å². The van der Waals surface area contributed by atoms with Crippen LogP contribution in [0, 0.1) is 5.82 Å². The summed E-state index contributed by atoms with van der Waals surface area (Å²) in [6.45, 7) is 0.550. The van der Waals surface area contributed by atoms with E-state index in [1.54, 1.807) is 11.0 Å². The molecule has 3 nitrogen and oxygen atoms in total. The maximum atomic E-state index is 14.6. The minimum Gasteiger partial charge on any atom is -0.478 e. The second-order valence-electron chi connectivity index (χ2n) is 7.31. The van der Waals surface area contributed by atoms with E-state index in [0.717, 1.165) is 30.0 Å². The van der Waals surface area contributed by atoms with Crippen LogP contribution in [-0.2, 0) is 23.4 Å². The first-order valence-corrected chi connectivity index (χ1v) is 10.8. The van der Waals surface area contributed by atoms with Gasteiger partial charge in [0.05, 0.1) is 16.2 Å². The zero-order valence-corrected chi connectivity index (χ0v) is 17.9. The van der Waals surface area contributed by atoms with Gasteiger partial charge in [0.1, 0.15) is 5.82 Å². The number of halogens is 6. The van der Waals surface area contributed by atoms with E-state index in [4.69, 9.17) is 0 Å². The number of nitrogens with zero attached hydrogens (tertiary/aromatic N) is 1. The SMILES string of the molecule is O=C(O)C1=C(SCCC(F)(F)c2cccc(C(F)(F)F)c2)N(Cc2ccc(F)cc2)CC=C1. The molecule has 0 amide bonds. The highest BCUT2D eigenvalue weighted by atomic mass is 32.2. The quantitative estimate of drug-likeness (QED) is 0.436. The van der Waals surface area contributed by atoms with E-state index < -0.39 is 41.4 Å². The molecule has 0 aliphatic carbocycles. The molecule has 0 fully saturated rings. The van der Waals surface area contributed by atoms with E-state index in [-0.39, 0.29) is 22.9 Å². The Morgan fingerprint density at radius 2 is 1.70 bits per heavy atom. The fourth-order valence-corrected chi connectivity index (χ4v) is 4.43. The van der Waals surface area contributed by atoms with E-state index in [2.05, 4.69) is 0 Å². The van der Waals surface area contributed by atoms with Crippen molar-refractivity contribution in [1.29, 1.82) is 0 Å². The van der Waals surface area contributed by atoms with Crippen molar-refractivity contribution >= 4 is 17.7 Å². The highest BCUT2D eigenvalue weighted by Crippen LogP contribution is 2.39. The largest absolute Gasteiger partial charge is 0.478 e. The molecule has 0 radical (unpaired) electrons. The molecule has 2 aromatic carbocycles. The van der Waals surface area contributed by atoms with Crippen molar-refractivity contribution in [2.45, 2.75) is 25.1 Å².